The number of rotatable bonds is 5. The van der Waals surface area contributed by atoms with Gasteiger partial charge in [0.2, 0.25) is 0 Å². The van der Waals surface area contributed by atoms with E-state index in [1.165, 1.54) is 43.2 Å². The number of alkyl halides is 1. The second-order valence-electron chi connectivity index (χ2n) is 9.76. The molecule has 2 atom stereocenters. The molecule has 0 N–H and O–H groups in total. The van der Waals surface area contributed by atoms with Crippen LogP contribution < -0.4 is 9.47 Å². The van der Waals surface area contributed by atoms with E-state index < -0.39 is 0 Å². The molecule has 0 radical (unpaired) electrons. The lowest BCUT2D eigenvalue weighted by Gasteiger charge is -2.60. The highest BCUT2D eigenvalue weighted by atomic mass is 35.5. The summed E-state index contributed by atoms with van der Waals surface area (Å²) in [5.41, 5.74) is 4.83. The summed E-state index contributed by atoms with van der Waals surface area (Å²) in [6.45, 7) is 2.13. The molecule has 30 heavy (non-hydrogen) atoms. The van der Waals surface area contributed by atoms with Crippen LogP contribution in [-0.4, -0.2) is 25.3 Å². The molecule has 0 spiro atoms. The summed E-state index contributed by atoms with van der Waals surface area (Å²) in [5, 5.41) is 0. The second kappa shape index (κ2) is 7.30. The number of benzene rings is 2. The van der Waals surface area contributed by atoms with E-state index in [0.717, 1.165) is 41.0 Å². The van der Waals surface area contributed by atoms with Crippen LogP contribution in [0.4, 0.5) is 5.69 Å². The van der Waals surface area contributed by atoms with E-state index >= 15 is 0 Å². The summed E-state index contributed by atoms with van der Waals surface area (Å²) >= 11 is 7.09. The summed E-state index contributed by atoms with van der Waals surface area (Å²) in [5.74, 6) is 3.12. The molecule has 4 aliphatic rings. The van der Waals surface area contributed by atoms with Gasteiger partial charge in [-0.1, -0.05) is 12.1 Å². The minimum absolute atomic E-state index is 0.0227. The minimum Gasteiger partial charge on any atom is -0.497 e. The fraction of sp³-hybridized carbons (Fsp3) is 0.500. The van der Waals surface area contributed by atoms with Crippen LogP contribution in [0.25, 0.3) is 0 Å². The van der Waals surface area contributed by atoms with E-state index in [1.54, 1.807) is 14.2 Å². The minimum atomic E-state index is 0.0227. The highest BCUT2D eigenvalue weighted by Gasteiger charge is 2.57. The quantitative estimate of drug-likeness (QED) is 0.401. The van der Waals surface area contributed by atoms with E-state index in [4.69, 9.17) is 26.1 Å². The molecular formula is C26H30ClNO2. The van der Waals surface area contributed by atoms with Crippen molar-refractivity contribution >= 4 is 23.5 Å². The molecule has 3 nitrogen and oxygen atoms in total. The van der Waals surface area contributed by atoms with Gasteiger partial charge >= 0.3 is 0 Å². The Kier molecular flexibility index (Phi) is 4.85. The molecule has 158 valence electrons. The van der Waals surface area contributed by atoms with Crippen molar-refractivity contribution in [3.63, 3.8) is 0 Å². The maximum Gasteiger partial charge on any atom is 0.131 e. The van der Waals surface area contributed by atoms with Crippen LogP contribution in [0.1, 0.15) is 55.2 Å². The molecule has 4 bridgehead atoms. The monoisotopic (exact) mass is 423 g/mol. The van der Waals surface area contributed by atoms with Crippen LogP contribution in [0.5, 0.6) is 11.5 Å². The van der Waals surface area contributed by atoms with Gasteiger partial charge in [0.25, 0.3) is 0 Å². The largest absolute Gasteiger partial charge is 0.497 e. The van der Waals surface area contributed by atoms with Crippen molar-refractivity contribution in [2.45, 2.75) is 55.7 Å². The predicted octanol–water partition coefficient (Wildman–Crippen LogP) is 6.59. The van der Waals surface area contributed by atoms with Crippen molar-refractivity contribution in [2.75, 3.05) is 14.2 Å². The third-order valence-electron chi connectivity index (χ3n) is 7.59. The van der Waals surface area contributed by atoms with Gasteiger partial charge in [-0.3, -0.25) is 4.99 Å². The molecule has 4 aliphatic carbocycles. The first-order chi connectivity index (χ1) is 14.4. The van der Waals surface area contributed by atoms with Gasteiger partial charge in [-0.15, -0.1) is 11.6 Å². The van der Waals surface area contributed by atoms with E-state index in [1.807, 2.05) is 24.4 Å². The smallest absolute Gasteiger partial charge is 0.131 e. The zero-order valence-electron chi connectivity index (χ0n) is 18.1. The van der Waals surface area contributed by atoms with E-state index in [2.05, 4.69) is 25.1 Å². The van der Waals surface area contributed by atoms with Gasteiger partial charge in [-0.2, -0.15) is 0 Å². The fourth-order valence-corrected chi connectivity index (χ4v) is 7.32. The molecule has 4 saturated carbocycles. The van der Waals surface area contributed by atoms with Crippen molar-refractivity contribution in [3.8, 4) is 11.5 Å². The molecule has 6 rings (SSSR count). The molecule has 2 aromatic carbocycles. The first-order valence-electron chi connectivity index (χ1n) is 11.0. The van der Waals surface area contributed by atoms with Gasteiger partial charge in [0.05, 0.1) is 19.9 Å². The maximum atomic E-state index is 7.09. The van der Waals surface area contributed by atoms with Gasteiger partial charge in [0, 0.05) is 22.7 Å². The Morgan fingerprint density at radius 2 is 1.77 bits per heavy atom. The SMILES string of the molecule is COc1ccc(C=Nc2cc(C34CC5CC(CC(Cl)(C5)C3)C4)ccc2C)c(OC)c1. The first kappa shape index (κ1) is 19.9. The molecule has 0 amide bonds. The summed E-state index contributed by atoms with van der Waals surface area (Å²) in [6.07, 6.45) is 9.39. The summed E-state index contributed by atoms with van der Waals surface area (Å²) in [6, 6.07) is 12.7. The molecule has 4 fully saturated rings. The Labute approximate surface area is 184 Å². The lowest BCUT2D eigenvalue weighted by molar-refractivity contribution is 0.00900. The van der Waals surface area contributed by atoms with Gasteiger partial charge in [-0.25, -0.2) is 0 Å². The molecule has 0 aromatic heterocycles. The molecule has 0 heterocycles. The van der Waals surface area contributed by atoms with Crippen molar-refractivity contribution in [2.24, 2.45) is 16.8 Å². The van der Waals surface area contributed by atoms with Gasteiger partial charge in [0.1, 0.15) is 11.5 Å². The zero-order chi connectivity index (χ0) is 20.9. The average molecular weight is 424 g/mol. The van der Waals surface area contributed by atoms with Crippen LogP contribution in [-0.2, 0) is 5.41 Å². The predicted molar refractivity (Wildman–Crippen MR) is 123 cm³/mol. The Morgan fingerprint density at radius 3 is 2.43 bits per heavy atom. The van der Waals surface area contributed by atoms with Crippen molar-refractivity contribution in [1.82, 2.24) is 0 Å². The standard InChI is InChI=1S/C26H30ClNO2/c1-17-4-6-21(25-11-18-8-19(12-25)14-26(27,13-18)16-25)9-23(17)28-15-20-5-7-22(29-2)10-24(20)30-3/h4-7,9-10,15,18-19H,8,11-14,16H2,1-3H3. The summed E-state index contributed by atoms with van der Waals surface area (Å²) in [7, 11) is 3.33. The summed E-state index contributed by atoms with van der Waals surface area (Å²) < 4.78 is 10.8. The number of nitrogens with zero attached hydrogens (tertiary/aromatic N) is 1. The number of halogens is 1. The Morgan fingerprint density at radius 1 is 1.00 bits per heavy atom. The van der Waals surface area contributed by atoms with E-state index in [9.17, 15) is 0 Å². The van der Waals surface area contributed by atoms with Crippen LogP contribution in [0.2, 0.25) is 0 Å². The maximum absolute atomic E-state index is 7.09. The molecule has 2 unspecified atom stereocenters. The Bertz CT molecular complexity index is 985. The normalized spacial score (nSPS) is 32.0. The fourth-order valence-electron chi connectivity index (χ4n) is 6.63. The number of hydrogen-bond donors (Lipinski definition) is 0. The molecule has 4 heteroatoms. The number of hydrogen-bond acceptors (Lipinski definition) is 3. The number of aryl methyl sites for hydroxylation is 1. The Hall–Kier alpha value is -2.00. The topological polar surface area (TPSA) is 30.8 Å². The van der Waals surface area contributed by atoms with E-state index in [-0.39, 0.29) is 10.3 Å². The number of methoxy groups -OCH3 is 2. The van der Waals surface area contributed by atoms with Crippen molar-refractivity contribution in [3.05, 3.63) is 53.1 Å². The Balaban J connectivity index is 1.47. The lowest BCUT2D eigenvalue weighted by atomic mass is 9.47. The second-order valence-corrected chi connectivity index (χ2v) is 10.6. The van der Waals surface area contributed by atoms with Crippen molar-refractivity contribution in [1.29, 1.82) is 0 Å². The van der Waals surface area contributed by atoms with Crippen LogP contribution in [0, 0.1) is 18.8 Å². The molecular weight excluding hydrogens is 394 g/mol. The van der Waals surface area contributed by atoms with Gasteiger partial charge < -0.3 is 9.47 Å². The van der Waals surface area contributed by atoms with Crippen molar-refractivity contribution < 1.29 is 9.47 Å². The van der Waals surface area contributed by atoms with Crippen LogP contribution in [0.3, 0.4) is 0 Å². The van der Waals surface area contributed by atoms with Gasteiger partial charge in [0.15, 0.2) is 0 Å². The number of aliphatic imine (C=N–C) groups is 1. The first-order valence-corrected chi connectivity index (χ1v) is 11.4. The van der Waals surface area contributed by atoms with Gasteiger partial charge in [-0.05, 0) is 92.0 Å². The zero-order valence-corrected chi connectivity index (χ0v) is 18.8. The highest BCUT2D eigenvalue weighted by Crippen LogP contribution is 2.64. The number of ether oxygens (including phenoxy) is 2. The molecule has 0 saturated heterocycles. The molecule has 0 aliphatic heterocycles. The lowest BCUT2D eigenvalue weighted by Crippen LogP contribution is -2.55. The third-order valence-corrected chi connectivity index (χ3v) is 8.04. The molecule has 2 aromatic rings. The van der Waals surface area contributed by atoms with Crippen LogP contribution >= 0.6 is 11.6 Å². The summed E-state index contributed by atoms with van der Waals surface area (Å²) in [4.78, 5) is 4.89. The van der Waals surface area contributed by atoms with Crippen LogP contribution in [0.15, 0.2) is 41.4 Å². The highest BCUT2D eigenvalue weighted by molar-refractivity contribution is 6.24. The average Bonchev–Trinajstić information content (AvgIpc) is 2.71. The third kappa shape index (κ3) is 3.41. The van der Waals surface area contributed by atoms with E-state index in [0.29, 0.717) is 0 Å².